The van der Waals surface area contributed by atoms with Crippen LogP contribution in [0.2, 0.25) is 5.15 Å². The van der Waals surface area contributed by atoms with Crippen LogP contribution in [0.1, 0.15) is 5.56 Å². The number of benzene rings is 1. The van der Waals surface area contributed by atoms with Gasteiger partial charge in [0.25, 0.3) is 0 Å². The lowest BCUT2D eigenvalue weighted by atomic mass is 10.2. The van der Waals surface area contributed by atoms with Gasteiger partial charge >= 0.3 is 0 Å². The van der Waals surface area contributed by atoms with Crippen LogP contribution in [0, 0.1) is 0 Å². The zero-order valence-electron chi connectivity index (χ0n) is 11.0. The summed E-state index contributed by atoms with van der Waals surface area (Å²) in [6.07, 6.45) is 1.94. The van der Waals surface area contributed by atoms with Crippen molar-refractivity contribution in [3.63, 3.8) is 0 Å². The van der Waals surface area contributed by atoms with Crippen molar-refractivity contribution in [3.8, 4) is 5.75 Å². The molecule has 1 aliphatic rings. The molecule has 0 amide bonds. The lowest BCUT2D eigenvalue weighted by Gasteiger charge is -2.21. The summed E-state index contributed by atoms with van der Waals surface area (Å²) in [7, 11) is 0. The van der Waals surface area contributed by atoms with Crippen LogP contribution in [0.25, 0.3) is 0 Å². The molecule has 6 heteroatoms. The van der Waals surface area contributed by atoms with Gasteiger partial charge < -0.3 is 9.64 Å². The minimum absolute atomic E-state index is 0.470. The average Bonchev–Trinajstić information content (AvgIpc) is 2.68. The van der Waals surface area contributed by atoms with Gasteiger partial charge in [-0.3, -0.25) is 0 Å². The Hall–Kier alpha value is -1.46. The maximum absolute atomic E-state index is 6.07. The number of halogens is 1. The Bertz CT molecular complexity index is 623. The van der Waals surface area contributed by atoms with Crippen LogP contribution < -0.4 is 9.64 Å². The van der Waals surface area contributed by atoms with E-state index in [1.54, 1.807) is 6.07 Å². The van der Waals surface area contributed by atoms with Gasteiger partial charge in [-0.15, -0.1) is 0 Å². The smallest absolute Gasteiger partial charge is 0.190 e. The Morgan fingerprint density at radius 2 is 2.15 bits per heavy atom. The molecule has 0 saturated heterocycles. The highest BCUT2D eigenvalue weighted by Crippen LogP contribution is 2.27. The molecule has 0 aliphatic carbocycles. The second-order valence-electron chi connectivity index (χ2n) is 4.41. The number of ether oxygens (including phenoxy) is 1. The Morgan fingerprint density at radius 1 is 1.30 bits per heavy atom. The Balaban J connectivity index is 1.93. The number of fused-ring (bicyclic) bond motifs is 1. The molecule has 0 N–H and O–H groups in total. The van der Waals surface area contributed by atoms with Crippen molar-refractivity contribution in [3.05, 3.63) is 41.0 Å². The van der Waals surface area contributed by atoms with Gasteiger partial charge in [-0.25, -0.2) is 9.97 Å². The highest BCUT2D eigenvalue weighted by Gasteiger charge is 2.17. The van der Waals surface area contributed by atoms with Crippen molar-refractivity contribution in [2.75, 3.05) is 24.3 Å². The summed E-state index contributed by atoms with van der Waals surface area (Å²) >= 11 is 7.55. The van der Waals surface area contributed by atoms with Gasteiger partial charge in [0.2, 0.25) is 0 Å². The van der Waals surface area contributed by atoms with E-state index in [1.165, 1.54) is 11.8 Å². The highest BCUT2D eigenvalue weighted by molar-refractivity contribution is 7.98. The number of aromatic nitrogens is 2. The van der Waals surface area contributed by atoms with Crippen molar-refractivity contribution in [1.82, 2.24) is 9.97 Å². The van der Waals surface area contributed by atoms with E-state index in [4.69, 9.17) is 16.3 Å². The van der Waals surface area contributed by atoms with Crippen molar-refractivity contribution >= 4 is 29.2 Å². The number of para-hydroxylation sites is 1. The minimum Gasteiger partial charge on any atom is -0.491 e. The second-order valence-corrected chi connectivity index (χ2v) is 5.57. The first-order valence-corrected chi connectivity index (χ1v) is 7.91. The summed E-state index contributed by atoms with van der Waals surface area (Å²) in [5.41, 5.74) is 1.16. The topological polar surface area (TPSA) is 38.2 Å². The van der Waals surface area contributed by atoms with E-state index in [0.717, 1.165) is 30.2 Å². The van der Waals surface area contributed by atoms with Gasteiger partial charge in [0.1, 0.15) is 23.3 Å². The molecule has 20 heavy (non-hydrogen) atoms. The van der Waals surface area contributed by atoms with E-state index in [0.29, 0.717) is 16.9 Å². The summed E-state index contributed by atoms with van der Waals surface area (Å²) in [5.74, 6) is 1.79. The number of hydrogen-bond donors (Lipinski definition) is 0. The van der Waals surface area contributed by atoms with E-state index in [1.807, 2.05) is 24.5 Å². The first kappa shape index (κ1) is 13.5. The van der Waals surface area contributed by atoms with Crippen LogP contribution in [-0.4, -0.2) is 29.4 Å². The van der Waals surface area contributed by atoms with Gasteiger partial charge in [0, 0.05) is 18.2 Å². The zero-order valence-corrected chi connectivity index (χ0v) is 12.6. The summed E-state index contributed by atoms with van der Waals surface area (Å²) in [5, 5.41) is 1.16. The SMILES string of the molecule is CSc1nc(Cl)cc(N2CCOc3ccccc3C2)n1. The fourth-order valence-corrected chi connectivity index (χ4v) is 2.76. The highest BCUT2D eigenvalue weighted by atomic mass is 35.5. The number of hydrogen-bond acceptors (Lipinski definition) is 5. The molecule has 0 unspecified atom stereocenters. The third-order valence-electron chi connectivity index (χ3n) is 3.12. The molecular weight excluding hydrogens is 294 g/mol. The average molecular weight is 308 g/mol. The molecule has 0 fully saturated rings. The molecule has 0 atom stereocenters. The van der Waals surface area contributed by atoms with Gasteiger partial charge in [0.15, 0.2) is 5.16 Å². The summed E-state index contributed by atoms with van der Waals surface area (Å²) in [6.45, 7) is 2.17. The van der Waals surface area contributed by atoms with Crippen LogP contribution >= 0.6 is 23.4 Å². The molecule has 3 rings (SSSR count). The molecular formula is C14H14ClN3OS. The lowest BCUT2D eigenvalue weighted by Crippen LogP contribution is -2.26. The van der Waals surface area contributed by atoms with E-state index in [9.17, 15) is 0 Å². The zero-order chi connectivity index (χ0) is 13.9. The molecule has 0 bridgehead atoms. The van der Waals surface area contributed by atoms with Crippen LogP contribution in [0.5, 0.6) is 5.75 Å². The fraction of sp³-hybridized carbons (Fsp3) is 0.286. The van der Waals surface area contributed by atoms with E-state index >= 15 is 0 Å². The molecule has 104 valence electrons. The quantitative estimate of drug-likeness (QED) is 0.484. The van der Waals surface area contributed by atoms with E-state index < -0.39 is 0 Å². The third-order valence-corrected chi connectivity index (χ3v) is 3.86. The van der Waals surface area contributed by atoms with E-state index in [2.05, 4.69) is 20.9 Å². The van der Waals surface area contributed by atoms with Crippen molar-refractivity contribution in [1.29, 1.82) is 0 Å². The Kier molecular flexibility index (Phi) is 3.98. The number of rotatable bonds is 2. The van der Waals surface area contributed by atoms with Crippen LogP contribution in [0.15, 0.2) is 35.5 Å². The van der Waals surface area contributed by atoms with Gasteiger partial charge in [-0.05, 0) is 12.3 Å². The molecule has 0 spiro atoms. The second kappa shape index (κ2) is 5.89. The fourth-order valence-electron chi connectivity index (χ4n) is 2.16. The third kappa shape index (κ3) is 2.83. The lowest BCUT2D eigenvalue weighted by molar-refractivity contribution is 0.331. The van der Waals surface area contributed by atoms with E-state index in [-0.39, 0.29) is 0 Å². The normalized spacial score (nSPS) is 14.4. The first-order valence-electron chi connectivity index (χ1n) is 6.30. The van der Waals surface area contributed by atoms with Crippen LogP contribution in [-0.2, 0) is 6.54 Å². The Labute approximate surface area is 127 Å². The molecule has 1 aromatic heterocycles. The monoisotopic (exact) mass is 307 g/mol. The maximum atomic E-state index is 6.07. The van der Waals surface area contributed by atoms with Crippen molar-refractivity contribution in [2.24, 2.45) is 0 Å². The van der Waals surface area contributed by atoms with Crippen molar-refractivity contribution in [2.45, 2.75) is 11.7 Å². The predicted octanol–water partition coefficient (Wildman–Crippen LogP) is 3.25. The largest absolute Gasteiger partial charge is 0.491 e. The van der Waals surface area contributed by atoms with Crippen LogP contribution in [0.4, 0.5) is 5.82 Å². The molecule has 1 aliphatic heterocycles. The Morgan fingerprint density at radius 3 is 3.00 bits per heavy atom. The molecule has 1 aromatic carbocycles. The van der Waals surface area contributed by atoms with Gasteiger partial charge in [-0.1, -0.05) is 41.6 Å². The predicted molar refractivity (Wildman–Crippen MR) is 81.8 cm³/mol. The number of nitrogens with zero attached hydrogens (tertiary/aromatic N) is 3. The first-order chi connectivity index (χ1) is 9.76. The summed E-state index contributed by atoms with van der Waals surface area (Å²) < 4.78 is 5.76. The molecule has 2 aromatic rings. The van der Waals surface area contributed by atoms with Gasteiger partial charge in [-0.2, -0.15) is 0 Å². The molecule has 4 nitrogen and oxygen atoms in total. The summed E-state index contributed by atoms with van der Waals surface area (Å²) in [6, 6.07) is 9.88. The summed E-state index contributed by atoms with van der Waals surface area (Å²) in [4.78, 5) is 10.9. The number of anilines is 1. The molecule has 0 radical (unpaired) electrons. The molecule has 0 saturated carbocycles. The number of thioether (sulfide) groups is 1. The van der Waals surface area contributed by atoms with Crippen molar-refractivity contribution < 1.29 is 4.74 Å². The van der Waals surface area contributed by atoms with Crippen LogP contribution in [0.3, 0.4) is 0 Å². The maximum Gasteiger partial charge on any atom is 0.190 e. The molecule has 2 heterocycles. The minimum atomic E-state index is 0.470. The van der Waals surface area contributed by atoms with Gasteiger partial charge in [0.05, 0.1) is 6.54 Å². The standard InChI is InChI=1S/C14H14ClN3OS/c1-20-14-16-12(15)8-13(17-14)18-6-7-19-11-5-3-2-4-10(11)9-18/h2-5,8H,6-7,9H2,1H3.